The number of fused-ring (bicyclic) bond motifs is 1. The average molecular weight is 321 g/mol. The van der Waals surface area contributed by atoms with Gasteiger partial charge in [0.05, 0.1) is 5.92 Å². The molecule has 5 nitrogen and oxygen atoms in total. The minimum atomic E-state index is -0.428. The van der Waals surface area contributed by atoms with Crippen molar-refractivity contribution in [1.29, 1.82) is 5.26 Å². The normalized spacial score (nSPS) is 17.1. The molecule has 0 unspecified atom stereocenters. The zero-order chi connectivity index (χ0) is 15.1. The SMILES string of the molecule is Cc1[nH]nc2c1[C@@H](c1ccc(Cl)cc1Cl)C(C#N)=C(N)O2. The number of nitrogens with zero attached hydrogens (tertiary/aromatic N) is 2. The summed E-state index contributed by atoms with van der Waals surface area (Å²) >= 11 is 12.2. The van der Waals surface area contributed by atoms with Gasteiger partial charge in [-0.2, -0.15) is 5.26 Å². The third-order valence-corrected chi connectivity index (χ3v) is 3.97. The summed E-state index contributed by atoms with van der Waals surface area (Å²) in [4.78, 5) is 0. The maximum Gasteiger partial charge on any atom is 0.244 e. The number of H-pyrrole nitrogens is 1. The second-order valence-electron chi connectivity index (χ2n) is 4.66. The van der Waals surface area contributed by atoms with Crippen LogP contribution in [0.1, 0.15) is 22.7 Å². The summed E-state index contributed by atoms with van der Waals surface area (Å²) in [6, 6.07) is 7.23. The smallest absolute Gasteiger partial charge is 0.244 e. The number of hydrogen-bond acceptors (Lipinski definition) is 4. The first-order valence-electron chi connectivity index (χ1n) is 6.10. The van der Waals surface area contributed by atoms with Gasteiger partial charge in [-0.3, -0.25) is 5.10 Å². The van der Waals surface area contributed by atoms with Crippen molar-refractivity contribution < 1.29 is 4.74 Å². The molecule has 1 aliphatic rings. The molecule has 2 aromatic rings. The standard InChI is InChI=1S/C14H10Cl2N4O/c1-6-11-12(8-3-2-7(15)4-10(8)16)9(5-17)13(18)21-14(11)20-19-6/h2-4,12H,18H2,1H3,(H,19,20)/t12-/m0/s1. The number of aromatic amines is 1. The summed E-state index contributed by atoms with van der Waals surface area (Å²) in [6.07, 6.45) is 0. The second-order valence-corrected chi connectivity index (χ2v) is 5.50. The van der Waals surface area contributed by atoms with E-state index in [0.717, 1.165) is 16.8 Å². The second kappa shape index (κ2) is 4.99. The molecular formula is C14H10Cl2N4O. The van der Waals surface area contributed by atoms with Crippen molar-refractivity contribution in [2.24, 2.45) is 5.73 Å². The molecule has 106 valence electrons. The van der Waals surface area contributed by atoms with E-state index in [1.165, 1.54) is 0 Å². The van der Waals surface area contributed by atoms with Gasteiger partial charge < -0.3 is 10.5 Å². The van der Waals surface area contributed by atoms with Gasteiger partial charge in [0.1, 0.15) is 11.6 Å². The van der Waals surface area contributed by atoms with Crippen LogP contribution in [0, 0.1) is 18.3 Å². The van der Waals surface area contributed by atoms with Crippen LogP contribution in [-0.2, 0) is 0 Å². The van der Waals surface area contributed by atoms with Crippen molar-refractivity contribution in [3.05, 3.63) is 56.5 Å². The lowest BCUT2D eigenvalue weighted by Crippen LogP contribution is -2.21. The van der Waals surface area contributed by atoms with E-state index in [9.17, 15) is 5.26 Å². The maximum atomic E-state index is 9.42. The Kier molecular flexibility index (Phi) is 3.28. The Morgan fingerprint density at radius 2 is 2.19 bits per heavy atom. The first kappa shape index (κ1) is 13.8. The molecular weight excluding hydrogens is 311 g/mol. The Morgan fingerprint density at radius 1 is 1.43 bits per heavy atom. The number of nitrogens with one attached hydrogen (secondary N) is 1. The van der Waals surface area contributed by atoms with Crippen LogP contribution < -0.4 is 10.5 Å². The highest BCUT2D eigenvalue weighted by Gasteiger charge is 2.35. The van der Waals surface area contributed by atoms with Crippen LogP contribution >= 0.6 is 23.2 Å². The topological polar surface area (TPSA) is 87.7 Å². The van der Waals surface area contributed by atoms with Gasteiger partial charge in [0, 0.05) is 21.3 Å². The number of allylic oxidation sites excluding steroid dienone is 1. The maximum absolute atomic E-state index is 9.42. The molecule has 7 heteroatoms. The number of nitrogens with two attached hydrogens (primary N) is 1. The van der Waals surface area contributed by atoms with Crippen molar-refractivity contribution >= 4 is 23.2 Å². The van der Waals surface area contributed by atoms with Gasteiger partial charge in [-0.25, -0.2) is 0 Å². The van der Waals surface area contributed by atoms with Crippen molar-refractivity contribution in [3.63, 3.8) is 0 Å². The average Bonchev–Trinajstić information content (AvgIpc) is 2.79. The molecule has 0 saturated heterocycles. The van der Waals surface area contributed by atoms with E-state index in [0.29, 0.717) is 21.5 Å². The number of ether oxygens (including phenoxy) is 1. The number of aryl methyl sites for hydroxylation is 1. The Bertz CT molecular complexity index is 804. The minimum absolute atomic E-state index is 0.0347. The fourth-order valence-electron chi connectivity index (χ4n) is 2.45. The quantitative estimate of drug-likeness (QED) is 0.844. The summed E-state index contributed by atoms with van der Waals surface area (Å²) < 4.78 is 5.39. The zero-order valence-corrected chi connectivity index (χ0v) is 12.5. The van der Waals surface area contributed by atoms with Crippen LogP contribution in [-0.4, -0.2) is 10.2 Å². The molecule has 3 N–H and O–H groups in total. The van der Waals surface area contributed by atoms with Gasteiger partial charge in [-0.1, -0.05) is 29.3 Å². The van der Waals surface area contributed by atoms with Crippen LogP contribution in [0.15, 0.2) is 29.7 Å². The summed E-state index contributed by atoms with van der Waals surface area (Å²) in [7, 11) is 0. The lowest BCUT2D eigenvalue weighted by Gasteiger charge is -2.24. The molecule has 0 aliphatic carbocycles. The van der Waals surface area contributed by atoms with Crippen molar-refractivity contribution in [1.82, 2.24) is 10.2 Å². The van der Waals surface area contributed by atoms with E-state index >= 15 is 0 Å². The summed E-state index contributed by atoms with van der Waals surface area (Å²) in [5, 5.41) is 17.3. The Hall–Kier alpha value is -2.16. The number of hydrogen-bond donors (Lipinski definition) is 2. The van der Waals surface area contributed by atoms with Gasteiger partial charge in [-0.05, 0) is 24.6 Å². The molecule has 0 bridgehead atoms. The van der Waals surface area contributed by atoms with Gasteiger partial charge >= 0.3 is 0 Å². The summed E-state index contributed by atoms with van der Waals surface area (Å²) in [5.41, 5.74) is 8.41. The zero-order valence-electron chi connectivity index (χ0n) is 10.9. The number of aromatic nitrogens is 2. The van der Waals surface area contributed by atoms with E-state index in [4.69, 9.17) is 33.7 Å². The largest absolute Gasteiger partial charge is 0.420 e. The highest BCUT2D eigenvalue weighted by atomic mass is 35.5. The molecule has 1 aromatic carbocycles. The molecule has 1 atom stereocenters. The van der Waals surface area contributed by atoms with Gasteiger partial charge in [0.25, 0.3) is 0 Å². The predicted molar refractivity (Wildman–Crippen MR) is 79.1 cm³/mol. The molecule has 2 heterocycles. The van der Waals surface area contributed by atoms with Gasteiger partial charge in [0.2, 0.25) is 11.8 Å². The number of nitriles is 1. The van der Waals surface area contributed by atoms with Crippen molar-refractivity contribution in [2.75, 3.05) is 0 Å². The number of rotatable bonds is 1. The molecule has 1 aliphatic heterocycles. The fourth-order valence-corrected chi connectivity index (χ4v) is 2.96. The first-order chi connectivity index (χ1) is 10.0. The Morgan fingerprint density at radius 3 is 2.86 bits per heavy atom. The van der Waals surface area contributed by atoms with Crippen molar-refractivity contribution in [3.8, 4) is 11.9 Å². The van der Waals surface area contributed by atoms with E-state index in [2.05, 4.69) is 16.3 Å². The van der Waals surface area contributed by atoms with Crippen molar-refractivity contribution in [2.45, 2.75) is 12.8 Å². The highest BCUT2D eigenvalue weighted by Crippen LogP contribution is 2.44. The highest BCUT2D eigenvalue weighted by molar-refractivity contribution is 6.35. The Labute approximate surface area is 130 Å². The molecule has 0 radical (unpaired) electrons. The third-order valence-electron chi connectivity index (χ3n) is 3.40. The monoisotopic (exact) mass is 320 g/mol. The third kappa shape index (κ3) is 2.13. The fraction of sp³-hybridized carbons (Fsp3) is 0.143. The lowest BCUT2D eigenvalue weighted by molar-refractivity contribution is 0.379. The van der Waals surface area contributed by atoms with E-state index in [-0.39, 0.29) is 5.88 Å². The van der Waals surface area contributed by atoms with Gasteiger partial charge in [0.15, 0.2) is 0 Å². The predicted octanol–water partition coefficient (Wildman–Crippen LogP) is 3.24. The molecule has 21 heavy (non-hydrogen) atoms. The molecule has 0 spiro atoms. The lowest BCUT2D eigenvalue weighted by atomic mass is 9.84. The number of benzene rings is 1. The van der Waals surface area contributed by atoms with Crippen LogP contribution in [0.25, 0.3) is 0 Å². The molecule has 0 saturated carbocycles. The summed E-state index contributed by atoms with van der Waals surface area (Å²) in [6.45, 7) is 1.85. The van der Waals surface area contributed by atoms with Crippen LogP contribution in [0.5, 0.6) is 5.88 Å². The Balaban J connectivity index is 2.27. The van der Waals surface area contributed by atoms with E-state index < -0.39 is 5.92 Å². The van der Waals surface area contributed by atoms with E-state index in [1.807, 2.05) is 6.92 Å². The van der Waals surface area contributed by atoms with Crippen LogP contribution in [0.2, 0.25) is 10.0 Å². The minimum Gasteiger partial charge on any atom is -0.420 e. The van der Waals surface area contributed by atoms with Gasteiger partial charge in [-0.15, -0.1) is 5.10 Å². The first-order valence-corrected chi connectivity index (χ1v) is 6.86. The molecule has 1 aromatic heterocycles. The summed E-state index contributed by atoms with van der Waals surface area (Å²) in [5.74, 6) is -0.0326. The number of halogens is 2. The molecule has 0 fully saturated rings. The molecule has 3 rings (SSSR count). The molecule has 0 amide bonds. The van der Waals surface area contributed by atoms with Crippen LogP contribution in [0.4, 0.5) is 0 Å². The van der Waals surface area contributed by atoms with E-state index in [1.54, 1.807) is 18.2 Å². The van der Waals surface area contributed by atoms with Crippen LogP contribution in [0.3, 0.4) is 0 Å².